The molecule has 0 radical (unpaired) electrons. The summed E-state index contributed by atoms with van der Waals surface area (Å²) in [5.74, 6) is 1.07. The number of aryl methyl sites for hydroxylation is 1. The van der Waals surface area contributed by atoms with Gasteiger partial charge in [0.05, 0.1) is 6.54 Å². The molecular formula is C15H21NO3. The lowest BCUT2D eigenvalue weighted by molar-refractivity contribution is -0.127. The summed E-state index contributed by atoms with van der Waals surface area (Å²) in [6.45, 7) is 4.46. The Morgan fingerprint density at radius 3 is 2.95 bits per heavy atom. The van der Waals surface area contributed by atoms with Gasteiger partial charge in [-0.25, -0.2) is 0 Å². The number of rotatable bonds is 5. The van der Waals surface area contributed by atoms with Gasteiger partial charge in [-0.2, -0.15) is 0 Å². The van der Waals surface area contributed by atoms with E-state index in [1.807, 2.05) is 31.2 Å². The summed E-state index contributed by atoms with van der Waals surface area (Å²) in [6, 6.07) is 7.90. The maximum Gasteiger partial charge on any atom is 0.223 e. The second-order valence-corrected chi connectivity index (χ2v) is 4.84. The van der Waals surface area contributed by atoms with Crippen LogP contribution in [0.1, 0.15) is 18.4 Å². The fourth-order valence-electron chi connectivity index (χ4n) is 2.15. The zero-order chi connectivity index (χ0) is 13.5. The zero-order valence-electron chi connectivity index (χ0n) is 11.4. The van der Waals surface area contributed by atoms with Crippen molar-refractivity contribution in [1.82, 2.24) is 5.32 Å². The molecule has 19 heavy (non-hydrogen) atoms. The number of amides is 1. The Morgan fingerprint density at radius 1 is 1.42 bits per heavy atom. The van der Waals surface area contributed by atoms with Crippen molar-refractivity contribution in [3.8, 4) is 5.75 Å². The first-order chi connectivity index (χ1) is 9.25. The summed E-state index contributed by atoms with van der Waals surface area (Å²) in [5, 5.41) is 2.92. The molecule has 0 spiro atoms. The first-order valence-corrected chi connectivity index (χ1v) is 6.80. The van der Waals surface area contributed by atoms with Gasteiger partial charge in [-0.1, -0.05) is 12.1 Å². The van der Waals surface area contributed by atoms with E-state index in [1.54, 1.807) is 0 Å². The van der Waals surface area contributed by atoms with E-state index in [1.165, 1.54) is 5.56 Å². The summed E-state index contributed by atoms with van der Waals surface area (Å²) in [5.41, 5.74) is 1.17. The van der Waals surface area contributed by atoms with Crippen molar-refractivity contribution in [2.24, 2.45) is 5.92 Å². The summed E-state index contributed by atoms with van der Waals surface area (Å²) in [6.07, 6.45) is 1.65. The average molecular weight is 263 g/mol. The van der Waals surface area contributed by atoms with Crippen LogP contribution in [0.3, 0.4) is 0 Å². The standard InChI is InChI=1S/C15H21NO3/c1-12-3-2-4-14(11-12)19-10-7-16-15(17)13-5-8-18-9-6-13/h2-4,11,13H,5-10H2,1H3,(H,16,17). The lowest BCUT2D eigenvalue weighted by Gasteiger charge is -2.21. The summed E-state index contributed by atoms with van der Waals surface area (Å²) in [7, 11) is 0. The van der Waals surface area contributed by atoms with Gasteiger partial charge in [-0.3, -0.25) is 4.79 Å². The van der Waals surface area contributed by atoms with Gasteiger partial charge in [0.25, 0.3) is 0 Å². The van der Waals surface area contributed by atoms with Gasteiger partial charge in [0.15, 0.2) is 0 Å². The highest BCUT2D eigenvalue weighted by molar-refractivity contribution is 5.78. The fourth-order valence-corrected chi connectivity index (χ4v) is 2.15. The number of benzene rings is 1. The molecule has 0 atom stereocenters. The van der Waals surface area contributed by atoms with Crippen LogP contribution in [0.25, 0.3) is 0 Å². The SMILES string of the molecule is Cc1cccc(OCCNC(=O)C2CCOCC2)c1. The molecule has 0 aliphatic carbocycles. The normalized spacial score (nSPS) is 16.1. The third-order valence-electron chi connectivity index (χ3n) is 3.25. The molecule has 1 aromatic rings. The number of hydrogen-bond donors (Lipinski definition) is 1. The Labute approximate surface area is 114 Å². The first kappa shape index (κ1) is 13.9. The molecule has 4 nitrogen and oxygen atoms in total. The van der Waals surface area contributed by atoms with E-state index in [0.717, 1.165) is 18.6 Å². The number of carbonyl (C=O) groups is 1. The van der Waals surface area contributed by atoms with Gasteiger partial charge in [0, 0.05) is 19.1 Å². The number of nitrogens with one attached hydrogen (secondary N) is 1. The number of hydrogen-bond acceptors (Lipinski definition) is 3. The Morgan fingerprint density at radius 2 is 2.21 bits per heavy atom. The van der Waals surface area contributed by atoms with Gasteiger partial charge < -0.3 is 14.8 Å². The van der Waals surface area contributed by atoms with Crippen LogP contribution in [-0.2, 0) is 9.53 Å². The van der Waals surface area contributed by atoms with Crippen molar-refractivity contribution in [3.63, 3.8) is 0 Å². The molecule has 1 aromatic carbocycles. The van der Waals surface area contributed by atoms with Crippen LogP contribution in [0.5, 0.6) is 5.75 Å². The minimum absolute atomic E-state index is 0.104. The van der Waals surface area contributed by atoms with Crippen molar-refractivity contribution in [2.75, 3.05) is 26.4 Å². The summed E-state index contributed by atoms with van der Waals surface area (Å²) >= 11 is 0. The van der Waals surface area contributed by atoms with Crippen LogP contribution in [-0.4, -0.2) is 32.3 Å². The van der Waals surface area contributed by atoms with Crippen molar-refractivity contribution in [3.05, 3.63) is 29.8 Å². The van der Waals surface area contributed by atoms with Crippen LogP contribution < -0.4 is 10.1 Å². The molecule has 2 rings (SSSR count). The minimum atomic E-state index is 0.104. The minimum Gasteiger partial charge on any atom is -0.492 e. The molecule has 1 aliphatic heterocycles. The van der Waals surface area contributed by atoms with Crippen LogP contribution >= 0.6 is 0 Å². The molecule has 0 bridgehead atoms. The second-order valence-electron chi connectivity index (χ2n) is 4.84. The molecule has 1 saturated heterocycles. The van der Waals surface area contributed by atoms with E-state index in [-0.39, 0.29) is 11.8 Å². The second kappa shape index (κ2) is 7.14. The molecule has 4 heteroatoms. The van der Waals surface area contributed by atoms with Crippen molar-refractivity contribution < 1.29 is 14.3 Å². The quantitative estimate of drug-likeness (QED) is 0.826. The molecule has 1 heterocycles. The predicted molar refractivity (Wildman–Crippen MR) is 73.2 cm³/mol. The highest BCUT2D eigenvalue weighted by Gasteiger charge is 2.20. The summed E-state index contributed by atoms with van der Waals surface area (Å²) < 4.78 is 10.8. The predicted octanol–water partition coefficient (Wildman–Crippen LogP) is 1.92. The van der Waals surface area contributed by atoms with Crippen molar-refractivity contribution in [2.45, 2.75) is 19.8 Å². The molecule has 1 amide bonds. The van der Waals surface area contributed by atoms with Crippen LogP contribution in [0, 0.1) is 12.8 Å². The van der Waals surface area contributed by atoms with Gasteiger partial charge in [0.1, 0.15) is 12.4 Å². The highest BCUT2D eigenvalue weighted by atomic mass is 16.5. The lowest BCUT2D eigenvalue weighted by atomic mass is 9.99. The van der Waals surface area contributed by atoms with Crippen LogP contribution in [0.4, 0.5) is 0 Å². The number of carbonyl (C=O) groups excluding carboxylic acids is 1. The molecule has 1 N–H and O–H groups in total. The molecule has 0 saturated carbocycles. The van der Waals surface area contributed by atoms with Crippen LogP contribution in [0.2, 0.25) is 0 Å². The molecule has 0 unspecified atom stereocenters. The first-order valence-electron chi connectivity index (χ1n) is 6.80. The zero-order valence-corrected chi connectivity index (χ0v) is 11.4. The molecule has 1 fully saturated rings. The van der Waals surface area contributed by atoms with E-state index in [2.05, 4.69) is 5.32 Å². The Hall–Kier alpha value is -1.55. The summed E-state index contributed by atoms with van der Waals surface area (Å²) in [4.78, 5) is 11.8. The van der Waals surface area contributed by atoms with E-state index < -0.39 is 0 Å². The molecule has 0 aromatic heterocycles. The maximum atomic E-state index is 11.8. The monoisotopic (exact) mass is 263 g/mol. The van der Waals surface area contributed by atoms with Gasteiger partial charge in [0.2, 0.25) is 5.91 Å². The fraction of sp³-hybridized carbons (Fsp3) is 0.533. The number of ether oxygens (including phenoxy) is 2. The van der Waals surface area contributed by atoms with E-state index in [9.17, 15) is 4.79 Å². The van der Waals surface area contributed by atoms with Gasteiger partial charge in [-0.15, -0.1) is 0 Å². The maximum absolute atomic E-state index is 11.8. The molecular weight excluding hydrogens is 242 g/mol. The third kappa shape index (κ3) is 4.56. The van der Waals surface area contributed by atoms with E-state index in [4.69, 9.17) is 9.47 Å². The third-order valence-corrected chi connectivity index (χ3v) is 3.25. The highest BCUT2D eigenvalue weighted by Crippen LogP contribution is 2.14. The lowest BCUT2D eigenvalue weighted by Crippen LogP contribution is -2.36. The smallest absolute Gasteiger partial charge is 0.223 e. The largest absolute Gasteiger partial charge is 0.492 e. The molecule has 104 valence electrons. The van der Waals surface area contributed by atoms with E-state index >= 15 is 0 Å². The van der Waals surface area contributed by atoms with Gasteiger partial charge in [-0.05, 0) is 37.5 Å². The van der Waals surface area contributed by atoms with Crippen molar-refractivity contribution in [1.29, 1.82) is 0 Å². The Balaban J connectivity index is 1.65. The van der Waals surface area contributed by atoms with E-state index in [0.29, 0.717) is 26.4 Å². The van der Waals surface area contributed by atoms with Crippen LogP contribution in [0.15, 0.2) is 24.3 Å². The van der Waals surface area contributed by atoms with Gasteiger partial charge >= 0.3 is 0 Å². The topological polar surface area (TPSA) is 47.6 Å². The van der Waals surface area contributed by atoms with Crippen molar-refractivity contribution >= 4 is 5.91 Å². The Kier molecular flexibility index (Phi) is 5.21. The molecule has 1 aliphatic rings. The Bertz CT molecular complexity index is 414. The average Bonchev–Trinajstić information content (AvgIpc) is 2.44.